The Morgan fingerprint density at radius 1 is 1.04 bits per heavy atom. The zero-order chi connectivity index (χ0) is 16.4. The fourth-order valence-corrected chi connectivity index (χ4v) is 2.64. The molecule has 122 valence electrons. The van der Waals surface area contributed by atoms with E-state index in [1.54, 1.807) is 20.1 Å². The maximum atomic E-state index is 9.59. The number of ether oxygens (including phenoxy) is 4. The number of fused-ring (bicyclic) bond motifs is 1. The van der Waals surface area contributed by atoms with E-state index in [2.05, 4.69) is 6.92 Å². The summed E-state index contributed by atoms with van der Waals surface area (Å²) < 4.78 is 21.6. The van der Waals surface area contributed by atoms with Crippen molar-refractivity contribution in [1.29, 1.82) is 0 Å². The molecule has 0 fully saturated rings. The van der Waals surface area contributed by atoms with E-state index in [4.69, 9.17) is 18.9 Å². The van der Waals surface area contributed by atoms with Crippen LogP contribution in [0, 0.1) is 0 Å². The maximum Gasteiger partial charge on any atom is 0.231 e. The monoisotopic (exact) mass is 316 g/mol. The van der Waals surface area contributed by atoms with E-state index < -0.39 is 6.29 Å². The van der Waals surface area contributed by atoms with Crippen LogP contribution >= 0.6 is 0 Å². The second-order valence-corrected chi connectivity index (χ2v) is 5.46. The molecule has 2 unspecified atom stereocenters. The zero-order valence-corrected chi connectivity index (χ0v) is 13.4. The molecule has 0 saturated heterocycles. The fraction of sp³-hybridized carbons (Fsp3) is 0.333. The molecule has 0 radical (unpaired) electrons. The van der Waals surface area contributed by atoms with Gasteiger partial charge in [-0.15, -0.1) is 0 Å². The maximum absolute atomic E-state index is 9.59. The van der Waals surface area contributed by atoms with Crippen molar-refractivity contribution in [2.45, 2.75) is 26.1 Å². The third-order valence-corrected chi connectivity index (χ3v) is 3.88. The summed E-state index contributed by atoms with van der Waals surface area (Å²) in [7, 11) is 1.64. The van der Waals surface area contributed by atoms with E-state index in [1.165, 1.54) is 0 Å². The number of benzene rings is 2. The molecule has 3 rings (SSSR count). The first kappa shape index (κ1) is 15.5. The first-order valence-electron chi connectivity index (χ1n) is 7.50. The van der Waals surface area contributed by atoms with Crippen LogP contribution in [-0.4, -0.2) is 25.3 Å². The lowest BCUT2D eigenvalue weighted by atomic mass is 9.92. The molecule has 0 bridgehead atoms. The molecule has 1 N–H and O–H groups in total. The van der Waals surface area contributed by atoms with E-state index in [9.17, 15) is 5.11 Å². The standard InChI is InChI=1S/C18H20O5/c1-11(13-4-6-14(20-3)7-5-13)15-8-17-18(22-10-21-17)9-16(15)23-12(2)19/h4-9,11-12,19H,10H2,1-3H3. The number of aliphatic hydroxyl groups excluding tert-OH is 1. The summed E-state index contributed by atoms with van der Waals surface area (Å²) in [5, 5.41) is 9.59. The van der Waals surface area contributed by atoms with Crippen molar-refractivity contribution in [2.75, 3.05) is 13.9 Å². The van der Waals surface area contributed by atoms with Gasteiger partial charge in [-0.05, 0) is 30.7 Å². The second kappa shape index (κ2) is 6.38. The quantitative estimate of drug-likeness (QED) is 0.858. The molecule has 2 atom stereocenters. The van der Waals surface area contributed by atoms with Crippen molar-refractivity contribution in [3.05, 3.63) is 47.5 Å². The minimum absolute atomic E-state index is 0.0594. The number of hydrogen-bond acceptors (Lipinski definition) is 5. The molecule has 1 aliphatic heterocycles. The van der Waals surface area contributed by atoms with Crippen LogP contribution in [0.15, 0.2) is 36.4 Å². The molecule has 1 aliphatic rings. The van der Waals surface area contributed by atoms with Crippen molar-refractivity contribution < 1.29 is 24.1 Å². The molecule has 0 aromatic heterocycles. The highest BCUT2D eigenvalue weighted by atomic mass is 16.7. The number of hydrogen-bond donors (Lipinski definition) is 1. The lowest BCUT2D eigenvalue weighted by Gasteiger charge is -2.19. The third kappa shape index (κ3) is 3.19. The van der Waals surface area contributed by atoms with Gasteiger partial charge in [-0.1, -0.05) is 19.1 Å². The van der Waals surface area contributed by atoms with Gasteiger partial charge >= 0.3 is 0 Å². The summed E-state index contributed by atoms with van der Waals surface area (Å²) in [4.78, 5) is 0. The van der Waals surface area contributed by atoms with E-state index in [0.29, 0.717) is 17.2 Å². The molecule has 0 amide bonds. The summed E-state index contributed by atoms with van der Waals surface area (Å²) in [5.41, 5.74) is 2.04. The molecular formula is C18H20O5. The Hall–Kier alpha value is -2.40. The predicted octanol–water partition coefficient (Wildman–Crippen LogP) is 3.29. The molecule has 5 nitrogen and oxygen atoms in total. The minimum Gasteiger partial charge on any atom is -0.497 e. The van der Waals surface area contributed by atoms with Crippen molar-refractivity contribution in [2.24, 2.45) is 0 Å². The molecule has 5 heteroatoms. The molecule has 0 spiro atoms. The van der Waals surface area contributed by atoms with Crippen molar-refractivity contribution in [3.63, 3.8) is 0 Å². The topological polar surface area (TPSA) is 57.2 Å². The average Bonchev–Trinajstić information content (AvgIpc) is 3.00. The van der Waals surface area contributed by atoms with Gasteiger partial charge in [0.25, 0.3) is 0 Å². The van der Waals surface area contributed by atoms with E-state index in [1.807, 2.05) is 30.3 Å². The Balaban J connectivity index is 1.98. The van der Waals surface area contributed by atoms with Crippen LogP contribution in [-0.2, 0) is 0 Å². The van der Waals surface area contributed by atoms with Crippen molar-refractivity contribution in [3.8, 4) is 23.0 Å². The van der Waals surface area contributed by atoms with Crippen molar-refractivity contribution >= 4 is 0 Å². The zero-order valence-electron chi connectivity index (χ0n) is 13.4. The molecular weight excluding hydrogens is 296 g/mol. The Morgan fingerprint density at radius 2 is 1.70 bits per heavy atom. The largest absolute Gasteiger partial charge is 0.497 e. The molecule has 2 aromatic carbocycles. The van der Waals surface area contributed by atoms with Crippen LogP contribution in [0.1, 0.15) is 30.9 Å². The SMILES string of the molecule is COc1ccc(C(C)c2cc3c(cc2OC(C)O)OCO3)cc1. The van der Waals surface area contributed by atoms with E-state index in [0.717, 1.165) is 16.9 Å². The second-order valence-electron chi connectivity index (χ2n) is 5.46. The average molecular weight is 316 g/mol. The van der Waals surface area contributed by atoms with Gasteiger partial charge in [-0.2, -0.15) is 0 Å². The Morgan fingerprint density at radius 3 is 2.30 bits per heavy atom. The lowest BCUT2D eigenvalue weighted by molar-refractivity contribution is -0.00118. The van der Waals surface area contributed by atoms with Crippen LogP contribution in [0.5, 0.6) is 23.0 Å². The highest BCUT2D eigenvalue weighted by molar-refractivity contribution is 5.54. The Bertz CT molecular complexity index is 679. The van der Waals surface area contributed by atoms with Gasteiger partial charge in [-0.25, -0.2) is 0 Å². The molecule has 1 heterocycles. The van der Waals surface area contributed by atoms with Gasteiger partial charge < -0.3 is 24.1 Å². The van der Waals surface area contributed by atoms with Gasteiger partial charge in [0.1, 0.15) is 11.5 Å². The fourth-order valence-electron chi connectivity index (χ4n) is 2.64. The minimum atomic E-state index is -0.905. The summed E-state index contributed by atoms with van der Waals surface area (Å²) >= 11 is 0. The Kier molecular flexibility index (Phi) is 4.30. The normalized spacial score (nSPS) is 15.1. The van der Waals surface area contributed by atoms with Crippen LogP contribution < -0.4 is 18.9 Å². The van der Waals surface area contributed by atoms with Gasteiger partial charge in [-0.3, -0.25) is 0 Å². The first-order valence-corrected chi connectivity index (χ1v) is 7.50. The van der Waals surface area contributed by atoms with Gasteiger partial charge in [0, 0.05) is 17.5 Å². The first-order chi connectivity index (χ1) is 11.1. The van der Waals surface area contributed by atoms with Gasteiger partial charge in [0.2, 0.25) is 6.79 Å². The highest BCUT2D eigenvalue weighted by Gasteiger charge is 2.22. The third-order valence-electron chi connectivity index (χ3n) is 3.88. The van der Waals surface area contributed by atoms with Crippen molar-refractivity contribution in [1.82, 2.24) is 0 Å². The summed E-state index contributed by atoms with van der Waals surface area (Å²) in [6, 6.07) is 11.6. The number of rotatable bonds is 5. The van der Waals surface area contributed by atoms with Crippen LogP contribution in [0.3, 0.4) is 0 Å². The molecule has 2 aromatic rings. The smallest absolute Gasteiger partial charge is 0.231 e. The number of aliphatic hydroxyl groups is 1. The van der Waals surface area contributed by atoms with E-state index in [-0.39, 0.29) is 12.7 Å². The van der Waals surface area contributed by atoms with Crippen LogP contribution in [0.2, 0.25) is 0 Å². The van der Waals surface area contributed by atoms with Gasteiger partial charge in [0.05, 0.1) is 7.11 Å². The summed E-state index contributed by atoms with van der Waals surface area (Å²) in [5.74, 6) is 2.79. The van der Waals surface area contributed by atoms with Gasteiger partial charge in [0.15, 0.2) is 17.8 Å². The summed E-state index contributed by atoms with van der Waals surface area (Å²) in [6.07, 6.45) is -0.905. The van der Waals surface area contributed by atoms with E-state index >= 15 is 0 Å². The highest BCUT2D eigenvalue weighted by Crippen LogP contribution is 2.42. The lowest BCUT2D eigenvalue weighted by Crippen LogP contribution is -2.12. The van der Waals surface area contributed by atoms with Crippen LogP contribution in [0.25, 0.3) is 0 Å². The molecule has 23 heavy (non-hydrogen) atoms. The predicted molar refractivity (Wildman–Crippen MR) is 85.4 cm³/mol. The molecule has 0 aliphatic carbocycles. The summed E-state index contributed by atoms with van der Waals surface area (Å²) in [6.45, 7) is 3.85. The molecule has 0 saturated carbocycles. The number of methoxy groups -OCH3 is 1. The Labute approximate surface area is 135 Å². The van der Waals surface area contributed by atoms with Crippen LogP contribution in [0.4, 0.5) is 0 Å².